The van der Waals surface area contributed by atoms with Crippen LogP contribution in [0.5, 0.6) is 0 Å². The maximum Gasteiger partial charge on any atom is 0.326 e. The minimum atomic E-state index is -1.14. The molecule has 0 aliphatic carbocycles. The highest BCUT2D eigenvalue weighted by Gasteiger charge is 2.41. The summed E-state index contributed by atoms with van der Waals surface area (Å²) in [5, 5.41) is 21.0. The highest BCUT2D eigenvalue weighted by atomic mass is 16.4. The van der Waals surface area contributed by atoms with Gasteiger partial charge >= 0.3 is 12.0 Å². The zero-order valence-electron chi connectivity index (χ0n) is 9.70. The molecule has 8 heteroatoms. The Morgan fingerprint density at radius 2 is 2.11 bits per heavy atom. The van der Waals surface area contributed by atoms with Gasteiger partial charge in [-0.2, -0.15) is 0 Å². The Morgan fingerprint density at radius 1 is 1.39 bits per heavy atom. The number of hydrogen-bond acceptors (Lipinski definition) is 4. The summed E-state index contributed by atoms with van der Waals surface area (Å²) < 4.78 is 0. The number of likely N-dealkylation sites (tertiary alicyclic amines) is 1. The number of nitrogens with one attached hydrogen (secondary N) is 1. The van der Waals surface area contributed by atoms with E-state index in [1.54, 1.807) is 0 Å². The third-order valence-electron chi connectivity index (χ3n) is 3.12. The smallest absolute Gasteiger partial charge is 0.326 e. The highest BCUT2D eigenvalue weighted by molar-refractivity contribution is 5.88. The summed E-state index contributed by atoms with van der Waals surface area (Å²) in [7, 11) is 0. The molecule has 18 heavy (non-hydrogen) atoms. The molecule has 0 saturated carbocycles. The first kappa shape index (κ1) is 12.6. The highest BCUT2D eigenvalue weighted by Crippen LogP contribution is 2.20. The number of carbonyl (C=O) groups is 3. The molecule has 0 spiro atoms. The van der Waals surface area contributed by atoms with Gasteiger partial charge in [0.05, 0.1) is 6.10 Å². The van der Waals surface area contributed by atoms with Gasteiger partial charge in [0, 0.05) is 26.1 Å². The van der Waals surface area contributed by atoms with E-state index in [-0.39, 0.29) is 25.4 Å². The first-order valence-corrected chi connectivity index (χ1v) is 5.72. The molecule has 2 heterocycles. The van der Waals surface area contributed by atoms with Crippen LogP contribution in [0, 0.1) is 0 Å². The lowest BCUT2D eigenvalue weighted by Gasteiger charge is -2.32. The van der Waals surface area contributed by atoms with Crippen molar-refractivity contribution in [2.45, 2.75) is 18.6 Å². The predicted molar refractivity (Wildman–Crippen MR) is 58.7 cm³/mol. The quantitative estimate of drug-likeness (QED) is 0.506. The molecule has 2 rings (SSSR count). The molecule has 8 nitrogen and oxygen atoms in total. The number of rotatable bonds is 1. The third-order valence-corrected chi connectivity index (χ3v) is 3.12. The normalized spacial score (nSPS) is 28.2. The molecule has 0 aromatic rings. The Labute approximate surface area is 103 Å². The lowest BCUT2D eigenvalue weighted by Crippen LogP contribution is -2.55. The molecule has 2 atom stereocenters. The molecule has 0 aromatic heterocycles. The summed E-state index contributed by atoms with van der Waals surface area (Å²) in [5.41, 5.74) is 0. The van der Waals surface area contributed by atoms with E-state index in [2.05, 4.69) is 5.32 Å². The molecule has 2 aliphatic rings. The van der Waals surface area contributed by atoms with Crippen molar-refractivity contribution in [2.24, 2.45) is 0 Å². The Kier molecular flexibility index (Phi) is 3.37. The van der Waals surface area contributed by atoms with Crippen molar-refractivity contribution in [1.82, 2.24) is 15.1 Å². The van der Waals surface area contributed by atoms with Crippen LogP contribution in [0.2, 0.25) is 0 Å². The molecule has 0 aromatic carbocycles. The minimum absolute atomic E-state index is 0.00603. The number of urea groups is 1. The van der Waals surface area contributed by atoms with Gasteiger partial charge in [0.15, 0.2) is 0 Å². The second kappa shape index (κ2) is 4.81. The van der Waals surface area contributed by atoms with Gasteiger partial charge in [-0.05, 0) is 0 Å². The van der Waals surface area contributed by atoms with E-state index in [0.29, 0.717) is 13.1 Å². The summed E-state index contributed by atoms with van der Waals surface area (Å²) in [6, 6.07) is -1.52. The van der Waals surface area contributed by atoms with Crippen LogP contribution in [-0.2, 0) is 9.59 Å². The lowest BCUT2D eigenvalue weighted by atomic mass is 10.2. The number of carbonyl (C=O) groups excluding carboxylic acids is 2. The van der Waals surface area contributed by atoms with Crippen molar-refractivity contribution in [3.63, 3.8) is 0 Å². The number of carboxylic acids is 1. The van der Waals surface area contributed by atoms with E-state index in [1.165, 1.54) is 4.90 Å². The standard InChI is InChI=1S/C10H15N3O5/c14-6-3-7(9(16)17)13(4-6)10(18)12-2-1-11-8(15)5-12/h6-7,14H,1-5H2,(H,11,15)(H,16,17)/t6-,7-/m1/s1. The Hall–Kier alpha value is -1.83. The van der Waals surface area contributed by atoms with E-state index >= 15 is 0 Å². The fourth-order valence-electron chi connectivity index (χ4n) is 2.24. The number of piperazine rings is 1. The molecular weight excluding hydrogens is 242 g/mol. The van der Waals surface area contributed by atoms with Gasteiger partial charge in [-0.15, -0.1) is 0 Å². The number of aliphatic hydroxyl groups excluding tert-OH is 1. The second-order valence-corrected chi connectivity index (χ2v) is 4.45. The molecule has 2 saturated heterocycles. The zero-order valence-corrected chi connectivity index (χ0v) is 9.70. The van der Waals surface area contributed by atoms with Crippen LogP contribution < -0.4 is 5.32 Å². The molecule has 0 radical (unpaired) electrons. The average Bonchev–Trinajstić information content (AvgIpc) is 2.70. The first-order chi connectivity index (χ1) is 8.49. The molecule has 0 bridgehead atoms. The molecule has 2 fully saturated rings. The average molecular weight is 257 g/mol. The summed E-state index contributed by atoms with van der Waals surface area (Å²) in [6.07, 6.45) is -0.796. The Balaban J connectivity index is 2.07. The maximum absolute atomic E-state index is 12.1. The molecule has 100 valence electrons. The van der Waals surface area contributed by atoms with Gasteiger partial charge in [0.1, 0.15) is 12.6 Å². The number of β-amino-alcohol motifs (C(OH)–C–C–N with tert-alkyl or cyclic N) is 1. The van der Waals surface area contributed by atoms with E-state index < -0.39 is 24.1 Å². The number of hydrogen-bond donors (Lipinski definition) is 3. The van der Waals surface area contributed by atoms with E-state index in [1.807, 2.05) is 0 Å². The predicted octanol–water partition coefficient (Wildman–Crippen LogP) is -1.94. The number of aliphatic hydroxyl groups is 1. The number of amides is 3. The number of nitrogens with zero attached hydrogens (tertiary/aromatic N) is 2. The van der Waals surface area contributed by atoms with Gasteiger partial charge in [-0.25, -0.2) is 9.59 Å². The van der Waals surface area contributed by atoms with Crippen LogP contribution in [0.1, 0.15) is 6.42 Å². The zero-order chi connectivity index (χ0) is 13.3. The molecular formula is C10H15N3O5. The molecule has 0 unspecified atom stereocenters. The van der Waals surface area contributed by atoms with Gasteiger partial charge in [-0.1, -0.05) is 0 Å². The summed E-state index contributed by atoms with van der Waals surface area (Å²) >= 11 is 0. The van der Waals surface area contributed by atoms with Crippen molar-refractivity contribution >= 4 is 17.9 Å². The van der Waals surface area contributed by atoms with Crippen LogP contribution in [-0.4, -0.2) is 76.2 Å². The number of carboxylic acid groups (broad SMARTS) is 1. The van der Waals surface area contributed by atoms with E-state index in [4.69, 9.17) is 5.11 Å². The summed E-state index contributed by atoms with van der Waals surface area (Å²) in [4.78, 5) is 36.7. The van der Waals surface area contributed by atoms with Crippen molar-refractivity contribution in [2.75, 3.05) is 26.2 Å². The second-order valence-electron chi connectivity index (χ2n) is 4.45. The minimum Gasteiger partial charge on any atom is -0.480 e. The lowest BCUT2D eigenvalue weighted by molar-refractivity contribution is -0.141. The van der Waals surface area contributed by atoms with Crippen LogP contribution in [0.3, 0.4) is 0 Å². The van der Waals surface area contributed by atoms with Crippen LogP contribution in [0.15, 0.2) is 0 Å². The van der Waals surface area contributed by atoms with Gasteiger partial charge in [-0.3, -0.25) is 4.79 Å². The molecule has 2 aliphatic heterocycles. The Morgan fingerprint density at radius 3 is 2.72 bits per heavy atom. The maximum atomic E-state index is 12.1. The van der Waals surface area contributed by atoms with E-state index in [0.717, 1.165) is 4.90 Å². The summed E-state index contributed by atoms with van der Waals surface area (Å²) in [6.45, 7) is 0.633. The van der Waals surface area contributed by atoms with Gasteiger partial charge < -0.3 is 25.3 Å². The first-order valence-electron chi connectivity index (χ1n) is 5.72. The van der Waals surface area contributed by atoms with Crippen molar-refractivity contribution in [3.05, 3.63) is 0 Å². The largest absolute Gasteiger partial charge is 0.480 e. The van der Waals surface area contributed by atoms with Crippen LogP contribution in [0.25, 0.3) is 0 Å². The monoisotopic (exact) mass is 257 g/mol. The topological polar surface area (TPSA) is 110 Å². The van der Waals surface area contributed by atoms with Crippen LogP contribution in [0.4, 0.5) is 4.79 Å². The third kappa shape index (κ3) is 2.37. The van der Waals surface area contributed by atoms with Gasteiger partial charge in [0.25, 0.3) is 0 Å². The SMILES string of the molecule is O=C1CN(C(=O)N2C[C@H](O)C[C@@H]2C(=O)O)CCN1. The van der Waals surface area contributed by atoms with Crippen LogP contribution >= 0.6 is 0 Å². The fourth-order valence-corrected chi connectivity index (χ4v) is 2.24. The van der Waals surface area contributed by atoms with Crippen molar-refractivity contribution in [1.29, 1.82) is 0 Å². The molecule has 3 N–H and O–H groups in total. The Bertz CT molecular complexity index is 386. The van der Waals surface area contributed by atoms with Crippen molar-refractivity contribution in [3.8, 4) is 0 Å². The van der Waals surface area contributed by atoms with Crippen molar-refractivity contribution < 1.29 is 24.6 Å². The van der Waals surface area contributed by atoms with E-state index in [9.17, 15) is 19.5 Å². The summed E-state index contributed by atoms with van der Waals surface area (Å²) in [5.74, 6) is -1.40. The number of aliphatic carboxylic acids is 1. The van der Waals surface area contributed by atoms with Gasteiger partial charge in [0.2, 0.25) is 5.91 Å². The molecule has 3 amide bonds. The fraction of sp³-hybridized carbons (Fsp3) is 0.700.